The van der Waals surface area contributed by atoms with Gasteiger partial charge in [-0.1, -0.05) is 19.1 Å². The SMILES string of the molecule is CCC(C)NCc1ccc(OCC#N)cc1. The minimum Gasteiger partial charge on any atom is -0.479 e. The zero-order valence-electron chi connectivity index (χ0n) is 9.86. The first-order valence-corrected chi connectivity index (χ1v) is 5.58. The lowest BCUT2D eigenvalue weighted by molar-refractivity contribution is 0.368. The summed E-state index contributed by atoms with van der Waals surface area (Å²) in [6, 6.07) is 10.3. The number of hydrogen-bond acceptors (Lipinski definition) is 3. The smallest absolute Gasteiger partial charge is 0.174 e. The van der Waals surface area contributed by atoms with E-state index < -0.39 is 0 Å². The molecule has 16 heavy (non-hydrogen) atoms. The first kappa shape index (κ1) is 12.5. The maximum absolute atomic E-state index is 8.37. The van der Waals surface area contributed by atoms with Crippen LogP contribution in [-0.4, -0.2) is 12.6 Å². The molecule has 1 unspecified atom stereocenters. The van der Waals surface area contributed by atoms with Gasteiger partial charge in [-0.3, -0.25) is 0 Å². The Kier molecular flexibility index (Phi) is 5.38. The van der Waals surface area contributed by atoms with E-state index in [9.17, 15) is 0 Å². The lowest BCUT2D eigenvalue weighted by Crippen LogP contribution is -2.24. The molecule has 0 aliphatic carbocycles. The Labute approximate surface area is 97.0 Å². The average Bonchev–Trinajstić information content (AvgIpc) is 2.34. The van der Waals surface area contributed by atoms with Gasteiger partial charge in [-0.25, -0.2) is 0 Å². The molecule has 0 bridgehead atoms. The molecular formula is C13H18N2O. The predicted octanol–water partition coefficient (Wildman–Crippen LogP) is 2.48. The molecule has 1 rings (SSSR count). The summed E-state index contributed by atoms with van der Waals surface area (Å²) in [6.07, 6.45) is 1.13. The predicted molar refractivity (Wildman–Crippen MR) is 64.1 cm³/mol. The van der Waals surface area contributed by atoms with Crippen LogP contribution in [0.1, 0.15) is 25.8 Å². The second-order valence-corrected chi connectivity index (χ2v) is 3.78. The summed E-state index contributed by atoms with van der Waals surface area (Å²) in [7, 11) is 0. The van der Waals surface area contributed by atoms with Crippen molar-refractivity contribution in [2.75, 3.05) is 6.61 Å². The molecule has 1 N–H and O–H groups in total. The number of benzene rings is 1. The van der Waals surface area contributed by atoms with Crippen molar-refractivity contribution in [1.29, 1.82) is 5.26 Å². The van der Waals surface area contributed by atoms with Crippen LogP contribution in [0.3, 0.4) is 0 Å². The number of nitrogens with zero attached hydrogens (tertiary/aromatic N) is 1. The van der Waals surface area contributed by atoms with Crippen molar-refractivity contribution in [2.45, 2.75) is 32.9 Å². The molecule has 86 valence electrons. The molecule has 1 aromatic rings. The van der Waals surface area contributed by atoms with Gasteiger partial charge in [0.05, 0.1) is 0 Å². The fourth-order valence-electron chi connectivity index (χ4n) is 1.26. The zero-order valence-corrected chi connectivity index (χ0v) is 9.86. The highest BCUT2D eigenvalue weighted by atomic mass is 16.5. The van der Waals surface area contributed by atoms with Crippen LogP contribution in [0.5, 0.6) is 5.75 Å². The third-order valence-electron chi connectivity index (χ3n) is 2.49. The molecule has 3 heteroatoms. The first-order chi connectivity index (χ1) is 7.76. The highest BCUT2D eigenvalue weighted by Crippen LogP contribution is 2.12. The normalized spacial score (nSPS) is 11.8. The van der Waals surface area contributed by atoms with Gasteiger partial charge in [-0.2, -0.15) is 5.26 Å². The molecule has 3 nitrogen and oxygen atoms in total. The molecule has 0 amide bonds. The van der Waals surface area contributed by atoms with Crippen molar-refractivity contribution >= 4 is 0 Å². The maximum Gasteiger partial charge on any atom is 0.174 e. The Balaban J connectivity index is 2.42. The van der Waals surface area contributed by atoms with E-state index >= 15 is 0 Å². The number of nitrogens with one attached hydrogen (secondary N) is 1. The van der Waals surface area contributed by atoms with Gasteiger partial charge in [-0.05, 0) is 31.0 Å². The van der Waals surface area contributed by atoms with Crippen LogP contribution in [0.15, 0.2) is 24.3 Å². The molecule has 0 aliphatic heterocycles. The van der Waals surface area contributed by atoms with Gasteiger partial charge in [0.15, 0.2) is 6.61 Å². The van der Waals surface area contributed by atoms with E-state index in [1.807, 2.05) is 30.3 Å². The van der Waals surface area contributed by atoms with Gasteiger partial charge in [-0.15, -0.1) is 0 Å². The number of ether oxygens (including phenoxy) is 1. The van der Waals surface area contributed by atoms with Crippen LogP contribution in [0.4, 0.5) is 0 Å². The number of nitriles is 1. The van der Waals surface area contributed by atoms with E-state index in [4.69, 9.17) is 10.00 Å². The molecule has 0 saturated carbocycles. The maximum atomic E-state index is 8.37. The molecule has 0 aliphatic rings. The van der Waals surface area contributed by atoms with Crippen molar-refractivity contribution in [3.05, 3.63) is 29.8 Å². The van der Waals surface area contributed by atoms with Gasteiger partial charge in [0.25, 0.3) is 0 Å². The summed E-state index contributed by atoms with van der Waals surface area (Å²) in [5.74, 6) is 0.744. The monoisotopic (exact) mass is 218 g/mol. The summed E-state index contributed by atoms with van der Waals surface area (Å²) < 4.78 is 5.18. The van der Waals surface area contributed by atoms with Crippen molar-refractivity contribution in [1.82, 2.24) is 5.32 Å². The molecule has 0 spiro atoms. The fraction of sp³-hybridized carbons (Fsp3) is 0.462. The summed E-state index contributed by atoms with van der Waals surface area (Å²) in [5.41, 5.74) is 1.23. The molecule has 0 heterocycles. The summed E-state index contributed by atoms with van der Waals surface area (Å²) in [6.45, 7) is 5.30. The van der Waals surface area contributed by atoms with Gasteiger partial charge in [0.1, 0.15) is 11.8 Å². The van der Waals surface area contributed by atoms with Crippen LogP contribution in [0.2, 0.25) is 0 Å². The van der Waals surface area contributed by atoms with Gasteiger partial charge >= 0.3 is 0 Å². The summed E-state index contributed by atoms with van der Waals surface area (Å²) >= 11 is 0. The second kappa shape index (κ2) is 6.86. The van der Waals surface area contributed by atoms with Crippen molar-refractivity contribution < 1.29 is 4.74 Å². The van der Waals surface area contributed by atoms with Crippen LogP contribution in [0.25, 0.3) is 0 Å². The molecule has 0 radical (unpaired) electrons. The van der Waals surface area contributed by atoms with Crippen molar-refractivity contribution in [3.8, 4) is 11.8 Å². The zero-order chi connectivity index (χ0) is 11.8. The molecule has 1 aromatic carbocycles. The second-order valence-electron chi connectivity index (χ2n) is 3.78. The Morgan fingerprint density at radius 3 is 2.62 bits per heavy atom. The van der Waals surface area contributed by atoms with E-state index in [1.54, 1.807) is 0 Å². The molecule has 0 fully saturated rings. The Morgan fingerprint density at radius 1 is 1.38 bits per heavy atom. The van der Waals surface area contributed by atoms with E-state index in [0.29, 0.717) is 6.04 Å². The third kappa shape index (κ3) is 4.33. The minimum atomic E-state index is 0.102. The highest BCUT2D eigenvalue weighted by molar-refractivity contribution is 5.27. The lowest BCUT2D eigenvalue weighted by atomic mass is 10.2. The molecule has 0 saturated heterocycles. The Bertz CT molecular complexity index is 340. The van der Waals surface area contributed by atoms with Gasteiger partial charge in [0, 0.05) is 12.6 Å². The van der Waals surface area contributed by atoms with Crippen LogP contribution >= 0.6 is 0 Å². The largest absolute Gasteiger partial charge is 0.479 e. The minimum absolute atomic E-state index is 0.102. The molecule has 1 atom stereocenters. The van der Waals surface area contributed by atoms with E-state index in [2.05, 4.69) is 19.2 Å². The number of hydrogen-bond donors (Lipinski definition) is 1. The van der Waals surface area contributed by atoms with Crippen LogP contribution < -0.4 is 10.1 Å². The van der Waals surface area contributed by atoms with Gasteiger partial charge in [0.2, 0.25) is 0 Å². The first-order valence-electron chi connectivity index (χ1n) is 5.58. The van der Waals surface area contributed by atoms with E-state index in [1.165, 1.54) is 5.56 Å². The Morgan fingerprint density at radius 2 is 2.06 bits per heavy atom. The highest BCUT2D eigenvalue weighted by Gasteiger charge is 1.98. The van der Waals surface area contributed by atoms with E-state index in [-0.39, 0.29) is 6.61 Å². The average molecular weight is 218 g/mol. The number of rotatable bonds is 6. The quantitative estimate of drug-likeness (QED) is 0.797. The summed E-state index contributed by atoms with van der Waals surface area (Å²) in [5, 5.41) is 11.8. The molecular weight excluding hydrogens is 200 g/mol. The van der Waals surface area contributed by atoms with Crippen LogP contribution in [-0.2, 0) is 6.54 Å². The van der Waals surface area contributed by atoms with Gasteiger partial charge < -0.3 is 10.1 Å². The third-order valence-corrected chi connectivity index (χ3v) is 2.49. The van der Waals surface area contributed by atoms with Crippen molar-refractivity contribution in [3.63, 3.8) is 0 Å². The lowest BCUT2D eigenvalue weighted by Gasteiger charge is -2.11. The fourth-order valence-corrected chi connectivity index (χ4v) is 1.26. The van der Waals surface area contributed by atoms with Crippen molar-refractivity contribution in [2.24, 2.45) is 0 Å². The van der Waals surface area contributed by atoms with E-state index in [0.717, 1.165) is 18.7 Å². The topological polar surface area (TPSA) is 45.0 Å². The Hall–Kier alpha value is -1.53. The summed E-state index contributed by atoms with van der Waals surface area (Å²) in [4.78, 5) is 0. The molecule has 0 aromatic heterocycles. The van der Waals surface area contributed by atoms with Crippen LogP contribution in [0, 0.1) is 11.3 Å². The standard InChI is InChI=1S/C13H18N2O/c1-3-11(2)15-10-12-4-6-13(7-5-12)16-9-8-14/h4-7,11,15H,3,9-10H2,1-2H3.